The number of rotatable bonds is 52. The maximum Gasteiger partial charge on any atom is 0.306 e. The van der Waals surface area contributed by atoms with Gasteiger partial charge in [-0.3, -0.25) is 9.59 Å². The van der Waals surface area contributed by atoms with E-state index in [0.717, 1.165) is 77.0 Å². The van der Waals surface area contributed by atoms with E-state index < -0.39 is 18.2 Å². The summed E-state index contributed by atoms with van der Waals surface area (Å²) in [6.45, 7) is 6.50. The number of hydrogen-bond donors (Lipinski definition) is 3. The first kappa shape index (κ1) is 63.1. The number of ether oxygens (including phenoxy) is 1. The van der Waals surface area contributed by atoms with E-state index in [0.29, 0.717) is 19.3 Å². The average Bonchev–Trinajstić information content (AvgIpc) is 3.30. The predicted octanol–water partition coefficient (Wildman–Crippen LogP) is 17.6. The van der Waals surface area contributed by atoms with Gasteiger partial charge in [0.05, 0.1) is 25.2 Å². The van der Waals surface area contributed by atoms with Gasteiger partial charge < -0.3 is 20.3 Å². The van der Waals surface area contributed by atoms with Crippen molar-refractivity contribution < 1.29 is 24.5 Å². The van der Waals surface area contributed by atoms with Gasteiger partial charge in [-0.1, -0.05) is 250 Å². The second kappa shape index (κ2) is 53.0. The zero-order chi connectivity index (χ0) is 47.4. The smallest absolute Gasteiger partial charge is 0.306 e. The van der Waals surface area contributed by atoms with Crippen LogP contribution in [-0.4, -0.2) is 46.9 Å². The Balaban J connectivity index is 4.58. The summed E-state index contributed by atoms with van der Waals surface area (Å²) >= 11 is 0. The van der Waals surface area contributed by atoms with E-state index in [9.17, 15) is 19.8 Å². The van der Waals surface area contributed by atoms with Gasteiger partial charge in [0.2, 0.25) is 5.91 Å². The molecule has 6 heteroatoms. The van der Waals surface area contributed by atoms with E-state index in [4.69, 9.17) is 4.74 Å². The second-order valence-electron chi connectivity index (χ2n) is 19.7. The van der Waals surface area contributed by atoms with Crippen LogP contribution in [-0.2, 0) is 14.3 Å². The Bertz CT molecular complexity index is 1070. The molecule has 382 valence electrons. The van der Waals surface area contributed by atoms with E-state index in [1.807, 2.05) is 0 Å². The van der Waals surface area contributed by atoms with Crippen LogP contribution in [0.1, 0.15) is 303 Å². The maximum atomic E-state index is 13.3. The summed E-state index contributed by atoms with van der Waals surface area (Å²) in [7, 11) is 0. The fraction of sp³-hybridized carbons (Fsp3) is 0.864. The van der Waals surface area contributed by atoms with E-state index in [1.165, 1.54) is 180 Å². The Morgan fingerprint density at radius 2 is 0.785 bits per heavy atom. The molecule has 0 bridgehead atoms. The molecule has 0 rings (SSSR count). The third-order valence-corrected chi connectivity index (χ3v) is 13.2. The van der Waals surface area contributed by atoms with Crippen LogP contribution in [0.25, 0.3) is 0 Å². The largest absolute Gasteiger partial charge is 0.462 e. The molecule has 0 heterocycles. The summed E-state index contributed by atoms with van der Waals surface area (Å²) in [5.41, 5.74) is 0. The summed E-state index contributed by atoms with van der Waals surface area (Å²) in [6.07, 6.45) is 63.5. The Morgan fingerprint density at radius 3 is 1.18 bits per heavy atom. The maximum absolute atomic E-state index is 13.3. The van der Waals surface area contributed by atoms with Crippen molar-refractivity contribution >= 4 is 11.9 Å². The van der Waals surface area contributed by atoms with Gasteiger partial charge in [-0.25, -0.2) is 0 Å². The Kier molecular flexibility index (Phi) is 51.5. The SMILES string of the molecule is CCCCCCCC/C=C/CCCCCCCC(CC(=O)NC(CO)C(O)CCCCCCCCCCCCCCC)OC(=O)CCCCCCC/C=C/C=C/CCCCCCCCC. The molecule has 3 unspecified atom stereocenters. The number of carbonyl (C=O) groups excluding carboxylic acids is 2. The van der Waals surface area contributed by atoms with Gasteiger partial charge in [-0.05, 0) is 77.0 Å². The van der Waals surface area contributed by atoms with Crippen LogP contribution >= 0.6 is 0 Å². The lowest BCUT2D eigenvalue weighted by molar-refractivity contribution is -0.151. The van der Waals surface area contributed by atoms with Gasteiger partial charge in [-0.15, -0.1) is 0 Å². The standard InChI is InChI=1S/C59H111NO5/c1-4-7-10-13-16-19-22-25-27-28-29-31-34-37-40-43-46-49-52-59(64)65-55(50-47-44-41-38-35-33-30-26-23-20-17-14-11-8-5-2)53-58(63)60-56(54-61)57(62)51-48-45-42-39-36-32-24-21-18-15-12-9-6-3/h26-31,55-57,61-62H,4-25,32-54H2,1-3H3,(H,60,63)/b28-27+,30-26+,31-29+. The van der Waals surface area contributed by atoms with Crippen molar-refractivity contribution in [1.82, 2.24) is 5.32 Å². The number of allylic oxidation sites excluding steroid dienone is 6. The molecule has 0 aliphatic heterocycles. The predicted molar refractivity (Wildman–Crippen MR) is 282 cm³/mol. The van der Waals surface area contributed by atoms with E-state index in [1.54, 1.807) is 0 Å². The lowest BCUT2D eigenvalue weighted by Gasteiger charge is -2.24. The van der Waals surface area contributed by atoms with Crippen molar-refractivity contribution in [3.05, 3.63) is 36.5 Å². The highest BCUT2D eigenvalue weighted by Crippen LogP contribution is 2.18. The van der Waals surface area contributed by atoms with Crippen LogP contribution in [0.5, 0.6) is 0 Å². The third kappa shape index (κ3) is 48.3. The van der Waals surface area contributed by atoms with Crippen molar-refractivity contribution in [3.63, 3.8) is 0 Å². The zero-order valence-corrected chi connectivity index (χ0v) is 43.6. The minimum atomic E-state index is -0.791. The molecule has 0 aromatic heterocycles. The summed E-state index contributed by atoms with van der Waals surface area (Å²) < 4.78 is 5.95. The molecule has 0 radical (unpaired) electrons. The van der Waals surface area contributed by atoms with Gasteiger partial charge in [-0.2, -0.15) is 0 Å². The van der Waals surface area contributed by atoms with Gasteiger partial charge in [0.25, 0.3) is 0 Å². The summed E-state index contributed by atoms with van der Waals surface area (Å²) in [5, 5.41) is 23.8. The fourth-order valence-electron chi connectivity index (χ4n) is 8.83. The molecular formula is C59H111NO5. The number of aliphatic hydroxyl groups is 2. The molecule has 0 aromatic rings. The van der Waals surface area contributed by atoms with Crippen LogP contribution in [0, 0.1) is 0 Å². The van der Waals surface area contributed by atoms with Gasteiger partial charge >= 0.3 is 5.97 Å². The Morgan fingerprint density at radius 1 is 0.446 bits per heavy atom. The first-order valence-corrected chi connectivity index (χ1v) is 28.7. The number of carbonyl (C=O) groups is 2. The summed E-state index contributed by atoms with van der Waals surface area (Å²) in [6, 6.07) is -0.706. The first-order valence-electron chi connectivity index (χ1n) is 28.7. The van der Waals surface area contributed by atoms with Crippen LogP contribution in [0.3, 0.4) is 0 Å². The summed E-state index contributed by atoms with van der Waals surface area (Å²) in [5.74, 6) is -0.486. The lowest BCUT2D eigenvalue weighted by Crippen LogP contribution is -2.46. The minimum Gasteiger partial charge on any atom is -0.462 e. The van der Waals surface area contributed by atoms with Crippen LogP contribution in [0.2, 0.25) is 0 Å². The minimum absolute atomic E-state index is 0.0684. The molecule has 6 nitrogen and oxygen atoms in total. The molecule has 0 saturated carbocycles. The Hall–Kier alpha value is -1.92. The monoisotopic (exact) mass is 914 g/mol. The molecule has 0 spiro atoms. The first-order chi connectivity index (χ1) is 32.0. The van der Waals surface area contributed by atoms with Crippen molar-refractivity contribution in [2.24, 2.45) is 0 Å². The highest BCUT2D eigenvalue weighted by Gasteiger charge is 2.24. The van der Waals surface area contributed by atoms with Crippen LogP contribution in [0.4, 0.5) is 0 Å². The third-order valence-electron chi connectivity index (χ3n) is 13.2. The molecule has 3 N–H and O–H groups in total. The zero-order valence-electron chi connectivity index (χ0n) is 43.6. The topological polar surface area (TPSA) is 95.9 Å². The molecule has 65 heavy (non-hydrogen) atoms. The second-order valence-corrected chi connectivity index (χ2v) is 19.7. The summed E-state index contributed by atoms with van der Waals surface area (Å²) in [4.78, 5) is 26.3. The number of amides is 1. The quantitative estimate of drug-likeness (QED) is 0.0244. The fourth-order valence-corrected chi connectivity index (χ4v) is 8.83. The van der Waals surface area contributed by atoms with Gasteiger partial charge in [0.1, 0.15) is 6.10 Å². The van der Waals surface area contributed by atoms with E-state index >= 15 is 0 Å². The van der Waals surface area contributed by atoms with Gasteiger partial charge in [0.15, 0.2) is 0 Å². The molecule has 0 aliphatic carbocycles. The highest BCUT2D eigenvalue weighted by molar-refractivity contribution is 5.77. The van der Waals surface area contributed by atoms with E-state index in [2.05, 4.69) is 62.5 Å². The van der Waals surface area contributed by atoms with Gasteiger partial charge in [0, 0.05) is 6.42 Å². The molecule has 0 saturated heterocycles. The molecular weight excluding hydrogens is 803 g/mol. The Labute approximate surface area is 404 Å². The average molecular weight is 915 g/mol. The number of aliphatic hydroxyl groups excluding tert-OH is 2. The lowest BCUT2D eigenvalue weighted by atomic mass is 10.0. The van der Waals surface area contributed by atoms with Crippen molar-refractivity contribution in [3.8, 4) is 0 Å². The molecule has 3 atom stereocenters. The van der Waals surface area contributed by atoms with Crippen molar-refractivity contribution in [2.75, 3.05) is 6.61 Å². The number of nitrogens with one attached hydrogen (secondary N) is 1. The molecule has 1 amide bonds. The highest BCUT2D eigenvalue weighted by atomic mass is 16.5. The van der Waals surface area contributed by atoms with Crippen molar-refractivity contribution in [2.45, 2.75) is 322 Å². The normalized spacial score (nSPS) is 13.4. The van der Waals surface area contributed by atoms with Crippen LogP contribution in [0.15, 0.2) is 36.5 Å². The molecule has 0 fully saturated rings. The number of hydrogen-bond acceptors (Lipinski definition) is 5. The molecule has 0 aromatic carbocycles. The van der Waals surface area contributed by atoms with Crippen LogP contribution < -0.4 is 5.32 Å². The number of unbranched alkanes of at least 4 members (excludes halogenated alkanes) is 35. The number of esters is 1. The molecule has 0 aliphatic rings. The van der Waals surface area contributed by atoms with Crippen molar-refractivity contribution in [1.29, 1.82) is 0 Å². The van der Waals surface area contributed by atoms with E-state index in [-0.39, 0.29) is 24.9 Å².